The third-order valence-electron chi connectivity index (χ3n) is 4.84. The molecule has 0 saturated carbocycles. The van der Waals surface area contributed by atoms with Gasteiger partial charge in [-0.3, -0.25) is 4.79 Å². The molecule has 2 aromatic carbocycles. The number of tetrazole rings is 1. The number of amides is 1. The summed E-state index contributed by atoms with van der Waals surface area (Å²) < 4.78 is 70.6. The van der Waals surface area contributed by atoms with Crippen molar-refractivity contribution < 1.29 is 27.0 Å². The second-order valence-electron chi connectivity index (χ2n) is 7.31. The molecule has 1 aromatic heterocycles. The lowest BCUT2D eigenvalue weighted by molar-refractivity contribution is -0.153. The first-order valence-electron chi connectivity index (χ1n) is 14.3. The highest BCUT2D eigenvalue weighted by Gasteiger charge is 2.32. The van der Waals surface area contributed by atoms with Crippen LogP contribution in [-0.4, -0.2) is 48.5 Å². The maximum absolute atomic E-state index is 13.6. The van der Waals surface area contributed by atoms with Crippen LogP contribution in [0, 0.1) is 5.92 Å². The predicted octanol–water partition coefficient (Wildman–Crippen LogP) is 4.16. The van der Waals surface area contributed by atoms with E-state index >= 15 is 0 Å². The summed E-state index contributed by atoms with van der Waals surface area (Å²) in [4.78, 5) is 26.4. The average Bonchev–Trinajstić information content (AvgIpc) is 3.42. The van der Waals surface area contributed by atoms with Gasteiger partial charge in [-0.1, -0.05) is 75.6 Å². The van der Waals surface area contributed by atoms with Gasteiger partial charge in [0.05, 0.1) is 0 Å². The molecule has 2 N–H and O–H groups in total. The Morgan fingerprint density at radius 2 is 1.88 bits per heavy atom. The van der Waals surface area contributed by atoms with Gasteiger partial charge in [-0.25, -0.2) is 4.79 Å². The minimum absolute atomic E-state index is 0.358. The molecule has 0 spiro atoms. The molecule has 0 unspecified atom stereocenters. The topological polar surface area (TPSA) is 112 Å². The Hall–Kier alpha value is -3.55. The highest BCUT2D eigenvalue weighted by atomic mass is 16.4. The number of aromatic nitrogens is 4. The summed E-state index contributed by atoms with van der Waals surface area (Å²) >= 11 is 0. The van der Waals surface area contributed by atoms with Crippen molar-refractivity contribution >= 4 is 11.9 Å². The van der Waals surface area contributed by atoms with Gasteiger partial charge in [0.25, 0.3) is 0 Å². The first-order valence-corrected chi connectivity index (χ1v) is 9.80. The van der Waals surface area contributed by atoms with Gasteiger partial charge in [0.15, 0.2) is 0 Å². The van der Waals surface area contributed by atoms with E-state index in [4.69, 9.17) is 12.3 Å². The Morgan fingerprint density at radius 1 is 1.16 bits per heavy atom. The molecule has 0 fully saturated rings. The van der Waals surface area contributed by atoms with E-state index in [0.717, 1.165) is 5.56 Å². The SMILES string of the molecule is [2H]C([2H])([2H])C([2H])([2H])C([2H])([2H])C([2H])([2H])C(=O)N(Cc1ccc(-c2ccccc2-c2nn[nH]n2)cc1)[C@@H](C(=O)O)C(C)C. The fraction of sp³-hybridized carbons (Fsp3) is 0.375. The van der Waals surface area contributed by atoms with Gasteiger partial charge in [0.2, 0.25) is 11.7 Å². The van der Waals surface area contributed by atoms with Crippen molar-refractivity contribution in [1.29, 1.82) is 0 Å². The molecule has 3 rings (SSSR count). The quantitative estimate of drug-likeness (QED) is 0.485. The first-order chi connectivity index (χ1) is 18.8. The molecule has 168 valence electrons. The molecule has 1 heterocycles. The molecule has 0 saturated heterocycles. The van der Waals surface area contributed by atoms with E-state index in [9.17, 15) is 14.7 Å². The van der Waals surface area contributed by atoms with E-state index in [1.807, 2.05) is 6.07 Å². The zero-order valence-corrected chi connectivity index (χ0v) is 17.5. The standard InChI is InChI=1S/C24H29N5O3/c1-4-5-10-21(30)29(22(16(2)3)24(31)32)15-17-11-13-18(14-12-17)19-8-6-7-9-20(19)23-25-27-28-26-23/h6-9,11-14,16,22H,4-5,10,15H2,1-3H3,(H,31,32)(H,25,26,27,28)/t22-/m1/s1/i1D3,4D2,5D2,10D2. The molecule has 1 atom stereocenters. The second kappa shape index (κ2) is 10.7. The summed E-state index contributed by atoms with van der Waals surface area (Å²) in [7, 11) is 0. The highest BCUT2D eigenvalue weighted by molar-refractivity contribution is 5.84. The van der Waals surface area contributed by atoms with Crippen molar-refractivity contribution in [2.24, 2.45) is 5.92 Å². The number of H-pyrrole nitrogens is 1. The summed E-state index contributed by atoms with van der Waals surface area (Å²) in [6.45, 7) is -1.15. The van der Waals surface area contributed by atoms with Crippen LogP contribution < -0.4 is 0 Å². The van der Waals surface area contributed by atoms with E-state index < -0.39 is 56.4 Å². The Labute approximate surface area is 200 Å². The summed E-state index contributed by atoms with van der Waals surface area (Å²) in [6, 6.07) is 12.1. The number of benzene rings is 2. The maximum atomic E-state index is 13.6. The molecule has 1 amide bonds. The third kappa shape index (κ3) is 5.38. The number of hydrogen-bond donors (Lipinski definition) is 2. The van der Waals surface area contributed by atoms with E-state index in [-0.39, 0.29) is 0 Å². The van der Waals surface area contributed by atoms with Gasteiger partial charge in [0, 0.05) is 30.8 Å². The number of carbonyl (C=O) groups excluding carboxylic acids is 1. The normalized spacial score (nSPS) is 17.9. The number of hydrogen-bond acceptors (Lipinski definition) is 5. The number of carboxylic acids is 1. The van der Waals surface area contributed by atoms with Crippen LogP contribution in [0.1, 0.15) is 57.7 Å². The largest absolute Gasteiger partial charge is 0.480 e. The lowest BCUT2D eigenvalue weighted by Gasteiger charge is -2.32. The molecule has 0 aliphatic rings. The van der Waals surface area contributed by atoms with Crippen molar-refractivity contribution in [3.05, 3.63) is 54.1 Å². The zero-order valence-electron chi connectivity index (χ0n) is 26.5. The lowest BCUT2D eigenvalue weighted by atomic mass is 9.97. The number of carboxylic acid groups (broad SMARTS) is 1. The Balaban J connectivity index is 2.03. The van der Waals surface area contributed by atoms with Gasteiger partial charge in [0.1, 0.15) is 6.04 Å². The van der Waals surface area contributed by atoms with Gasteiger partial charge in [-0.2, -0.15) is 5.21 Å². The van der Waals surface area contributed by atoms with Gasteiger partial charge in [-0.05, 0) is 34.2 Å². The molecular formula is C24H29N5O3. The summed E-state index contributed by atoms with van der Waals surface area (Å²) in [5.41, 5.74) is 2.50. The third-order valence-corrected chi connectivity index (χ3v) is 4.84. The van der Waals surface area contributed by atoms with Crippen LogP contribution in [0.3, 0.4) is 0 Å². The molecule has 32 heavy (non-hydrogen) atoms. The molecule has 3 aromatic rings. The zero-order chi connectivity index (χ0) is 31.0. The Morgan fingerprint density at radius 3 is 2.47 bits per heavy atom. The van der Waals surface area contributed by atoms with E-state index in [1.54, 1.807) is 42.5 Å². The van der Waals surface area contributed by atoms with Gasteiger partial charge >= 0.3 is 5.97 Å². The molecular weight excluding hydrogens is 406 g/mol. The fourth-order valence-electron chi connectivity index (χ4n) is 3.42. The number of carbonyl (C=O) groups is 2. The van der Waals surface area contributed by atoms with Gasteiger partial charge < -0.3 is 10.0 Å². The van der Waals surface area contributed by atoms with Crippen LogP contribution >= 0.6 is 0 Å². The van der Waals surface area contributed by atoms with Crippen LogP contribution in [0.4, 0.5) is 0 Å². The smallest absolute Gasteiger partial charge is 0.326 e. The monoisotopic (exact) mass is 444 g/mol. The van der Waals surface area contributed by atoms with Crippen molar-refractivity contribution in [3.63, 3.8) is 0 Å². The highest BCUT2D eigenvalue weighted by Crippen LogP contribution is 2.30. The van der Waals surface area contributed by atoms with Crippen LogP contribution in [0.25, 0.3) is 22.5 Å². The number of nitrogens with zero attached hydrogens (tertiary/aromatic N) is 4. The molecule has 0 aliphatic carbocycles. The van der Waals surface area contributed by atoms with E-state index in [1.165, 1.54) is 13.8 Å². The van der Waals surface area contributed by atoms with Crippen molar-refractivity contribution in [2.75, 3.05) is 0 Å². The van der Waals surface area contributed by atoms with Gasteiger partial charge in [-0.15, -0.1) is 10.2 Å². The summed E-state index contributed by atoms with van der Waals surface area (Å²) in [5.74, 6) is -3.59. The molecule has 0 radical (unpaired) electrons. The fourth-order valence-corrected chi connectivity index (χ4v) is 3.42. The van der Waals surface area contributed by atoms with Crippen molar-refractivity contribution in [2.45, 2.75) is 52.4 Å². The number of aromatic amines is 1. The van der Waals surface area contributed by atoms with E-state index in [0.29, 0.717) is 27.4 Å². The molecule has 8 heteroatoms. The van der Waals surface area contributed by atoms with Crippen molar-refractivity contribution in [3.8, 4) is 22.5 Å². The number of nitrogens with one attached hydrogen (secondary N) is 1. The predicted molar refractivity (Wildman–Crippen MR) is 121 cm³/mol. The first kappa shape index (κ1) is 13.8. The summed E-state index contributed by atoms with van der Waals surface area (Å²) in [5, 5.41) is 23.9. The molecule has 0 aliphatic heterocycles. The summed E-state index contributed by atoms with van der Waals surface area (Å²) in [6.07, 6.45) is -11.4. The maximum Gasteiger partial charge on any atom is 0.326 e. The van der Waals surface area contributed by atoms with Crippen LogP contribution in [0.5, 0.6) is 0 Å². The second-order valence-corrected chi connectivity index (χ2v) is 7.31. The molecule has 8 nitrogen and oxygen atoms in total. The Bertz CT molecular complexity index is 1380. The van der Waals surface area contributed by atoms with Crippen LogP contribution in [0.15, 0.2) is 48.5 Å². The van der Waals surface area contributed by atoms with E-state index in [2.05, 4.69) is 20.6 Å². The average molecular weight is 445 g/mol. The lowest BCUT2D eigenvalue weighted by Crippen LogP contribution is -2.47. The number of aliphatic carboxylic acids is 1. The Kier molecular flexibility index (Phi) is 4.59. The van der Waals surface area contributed by atoms with Crippen LogP contribution in [-0.2, 0) is 16.1 Å². The molecule has 0 bridgehead atoms. The van der Waals surface area contributed by atoms with Crippen molar-refractivity contribution in [1.82, 2.24) is 25.5 Å². The minimum atomic E-state index is -3.86. The van der Waals surface area contributed by atoms with Crippen LogP contribution in [0.2, 0.25) is 0 Å². The number of rotatable bonds is 10. The minimum Gasteiger partial charge on any atom is -0.480 e.